The minimum atomic E-state index is -0.879. The van der Waals surface area contributed by atoms with Crippen LogP contribution in [0.2, 0.25) is 0 Å². The van der Waals surface area contributed by atoms with Gasteiger partial charge in [-0.05, 0) is 32.1 Å². The first-order valence-corrected chi connectivity index (χ1v) is 7.05. The number of hydrogen-bond acceptors (Lipinski definition) is 3. The van der Waals surface area contributed by atoms with Gasteiger partial charge >= 0.3 is 12.0 Å². The second-order valence-corrected chi connectivity index (χ2v) is 5.10. The summed E-state index contributed by atoms with van der Waals surface area (Å²) in [4.78, 5) is 35.0. The van der Waals surface area contributed by atoms with Crippen LogP contribution < -0.4 is 11.1 Å². The van der Waals surface area contributed by atoms with Crippen LogP contribution in [-0.2, 0) is 9.59 Å². The summed E-state index contributed by atoms with van der Waals surface area (Å²) in [5, 5.41) is 11.6. The maximum atomic E-state index is 12.0. The lowest BCUT2D eigenvalue weighted by molar-refractivity contribution is -0.138. The number of carbonyl (C=O) groups excluding carboxylic acids is 2. The van der Waals surface area contributed by atoms with Gasteiger partial charge in [-0.2, -0.15) is 0 Å². The number of rotatable bonds is 7. The SMILES string of the molecule is NC(=O)CCCCNC(=O)N1CCCCC1CC(=O)O. The van der Waals surface area contributed by atoms with Gasteiger partial charge in [0.1, 0.15) is 0 Å². The zero-order valence-corrected chi connectivity index (χ0v) is 11.6. The number of nitrogens with zero attached hydrogens (tertiary/aromatic N) is 1. The summed E-state index contributed by atoms with van der Waals surface area (Å²) in [6.45, 7) is 1.08. The number of primary amides is 1. The topological polar surface area (TPSA) is 113 Å². The minimum Gasteiger partial charge on any atom is -0.481 e. The molecule has 0 aromatic carbocycles. The number of piperidine rings is 1. The van der Waals surface area contributed by atoms with E-state index in [1.54, 1.807) is 4.90 Å². The Balaban J connectivity index is 2.31. The molecule has 0 radical (unpaired) electrons. The minimum absolute atomic E-state index is 0.00487. The average Bonchev–Trinajstić information content (AvgIpc) is 2.37. The van der Waals surface area contributed by atoms with E-state index in [9.17, 15) is 14.4 Å². The van der Waals surface area contributed by atoms with Gasteiger partial charge in [-0.15, -0.1) is 0 Å². The van der Waals surface area contributed by atoms with Crippen LogP contribution in [0.5, 0.6) is 0 Å². The lowest BCUT2D eigenvalue weighted by atomic mass is 10.00. The van der Waals surface area contributed by atoms with Gasteiger partial charge in [0.15, 0.2) is 0 Å². The number of likely N-dealkylation sites (tertiary alicyclic amines) is 1. The molecule has 7 heteroatoms. The number of carboxylic acid groups (broad SMARTS) is 1. The van der Waals surface area contributed by atoms with Crippen molar-refractivity contribution < 1.29 is 19.5 Å². The number of urea groups is 1. The molecule has 114 valence electrons. The summed E-state index contributed by atoms with van der Waals surface area (Å²) >= 11 is 0. The van der Waals surface area contributed by atoms with Crippen LogP contribution >= 0.6 is 0 Å². The van der Waals surface area contributed by atoms with E-state index in [1.807, 2.05) is 0 Å². The molecule has 0 bridgehead atoms. The number of carboxylic acids is 1. The summed E-state index contributed by atoms with van der Waals surface area (Å²) in [7, 11) is 0. The third-order valence-corrected chi connectivity index (χ3v) is 3.42. The number of aliphatic carboxylic acids is 1. The lowest BCUT2D eigenvalue weighted by Gasteiger charge is -2.34. The van der Waals surface area contributed by atoms with E-state index < -0.39 is 5.97 Å². The Kier molecular flexibility index (Phi) is 6.83. The van der Waals surface area contributed by atoms with Crippen LogP contribution in [0.4, 0.5) is 4.79 Å². The Hall–Kier alpha value is -1.79. The van der Waals surface area contributed by atoms with Gasteiger partial charge in [0.05, 0.1) is 6.42 Å². The molecule has 0 spiro atoms. The molecule has 1 aliphatic heterocycles. The summed E-state index contributed by atoms with van der Waals surface area (Å²) in [6.07, 6.45) is 4.25. The molecule has 1 rings (SSSR count). The first kappa shape index (κ1) is 16.3. The van der Waals surface area contributed by atoms with Crippen molar-refractivity contribution in [2.45, 2.75) is 51.0 Å². The van der Waals surface area contributed by atoms with Crippen molar-refractivity contribution >= 4 is 17.9 Å². The first-order valence-electron chi connectivity index (χ1n) is 7.05. The smallest absolute Gasteiger partial charge is 0.317 e. The standard InChI is InChI=1S/C13H23N3O4/c14-11(17)6-1-3-7-15-13(20)16-8-4-2-5-10(16)9-12(18)19/h10H,1-9H2,(H2,14,17)(H,15,20)(H,18,19). The van der Waals surface area contributed by atoms with E-state index in [1.165, 1.54) is 0 Å². The highest BCUT2D eigenvalue weighted by Gasteiger charge is 2.28. The predicted octanol–water partition coefficient (Wildman–Crippen LogP) is 0.681. The Morgan fingerprint density at radius 1 is 1.25 bits per heavy atom. The largest absolute Gasteiger partial charge is 0.481 e. The van der Waals surface area contributed by atoms with E-state index in [-0.39, 0.29) is 24.4 Å². The number of hydrogen-bond donors (Lipinski definition) is 3. The Bertz CT molecular complexity index is 360. The molecule has 1 saturated heterocycles. The van der Waals surface area contributed by atoms with E-state index >= 15 is 0 Å². The summed E-state index contributed by atoms with van der Waals surface area (Å²) in [5.74, 6) is -1.22. The highest BCUT2D eigenvalue weighted by atomic mass is 16.4. The number of unbranched alkanes of at least 4 members (excludes halogenated alkanes) is 1. The number of nitrogens with one attached hydrogen (secondary N) is 1. The zero-order chi connectivity index (χ0) is 15.0. The van der Waals surface area contributed by atoms with Gasteiger partial charge in [0.2, 0.25) is 5.91 Å². The normalized spacial score (nSPS) is 18.6. The molecule has 3 amide bonds. The maximum Gasteiger partial charge on any atom is 0.317 e. The molecule has 20 heavy (non-hydrogen) atoms. The fourth-order valence-electron chi connectivity index (χ4n) is 2.40. The van der Waals surface area contributed by atoms with Crippen molar-refractivity contribution in [1.82, 2.24) is 10.2 Å². The molecular weight excluding hydrogens is 262 g/mol. The number of nitrogens with two attached hydrogens (primary N) is 1. The summed E-state index contributed by atoms with van der Waals surface area (Å²) < 4.78 is 0. The predicted molar refractivity (Wildman–Crippen MR) is 73.0 cm³/mol. The van der Waals surface area contributed by atoms with Gasteiger partial charge in [-0.3, -0.25) is 9.59 Å². The van der Waals surface area contributed by atoms with Gasteiger partial charge in [-0.25, -0.2) is 4.79 Å². The Labute approximate surface area is 118 Å². The number of carbonyl (C=O) groups is 3. The third-order valence-electron chi connectivity index (χ3n) is 3.42. The van der Waals surface area contributed by atoms with Crippen LogP contribution in [0.1, 0.15) is 44.9 Å². The fourth-order valence-corrected chi connectivity index (χ4v) is 2.40. The van der Waals surface area contributed by atoms with Gasteiger partial charge in [0.25, 0.3) is 0 Å². The zero-order valence-electron chi connectivity index (χ0n) is 11.6. The Morgan fingerprint density at radius 2 is 2.00 bits per heavy atom. The second-order valence-electron chi connectivity index (χ2n) is 5.10. The summed E-state index contributed by atoms with van der Waals surface area (Å²) in [5.41, 5.74) is 5.03. The van der Waals surface area contributed by atoms with Crippen LogP contribution in [0.15, 0.2) is 0 Å². The second kappa shape index (κ2) is 8.39. The molecule has 1 heterocycles. The van der Waals surface area contributed by atoms with Gasteiger partial charge in [-0.1, -0.05) is 0 Å². The fraction of sp³-hybridized carbons (Fsp3) is 0.769. The highest BCUT2D eigenvalue weighted by molar-refractivity contribution is 5.76. The molecule has 1 aliphatic rings. The van der Waals surface area contributed by atoms with Crippen LogP contribution in [-0.4, -0.2) is 47.0 Å². The average molecular weight is 285 g/mol. The molecule has 0 saturated carbocycles. The van der Waals surface area contributed by atoms with Crippen LogP contribution in [0, 0.1) is 0 Å². The van der Waals surface area contributed by atoms with Gasteiger partial charge < -0.3 is 21.1 Å². The molecule has 7 nitrogen and oxygen atoms in total. The van der Waals surface area contributed by atoms with Crippen molar-refractivity contribution in [3.63, 3.8) is 0 Å². The molecule has 0 aromatic rings. The van der Waals surface area contributed by atoms with Crippen LogP contribution in [0.3, 0.4) is 0 Å². The van der Waals surface area contributed by atoms with Gasteiger partial charge in [0, 0.05) is 25.6 Å². The van der Waals surface area contributed by atoms with E-state index in [4.69, 9.17) is 10.8 Å². The van der Waals surface area contributed by atoms with Crippen LogP contribution in [0.25, 0.3) is 0 Å². The third kappa shape index (κ3) is 5.90. The quantitative estimate of drug-likeness (QED) is 0.597. The molecule has 0 aromatic heterocycles. The molecule has 0 aliphatic carbocycles. The number of amides is 3. The molecule has 1 atom stereocenters. The van der Waals surface area contributed by atoms with Crippen molar-refractivity contribution in [2.75, 3.05) is 13.1 Å². The lowest BCUT2D eigenvalue weighted by Crippen LogP contribution is -2.49. The summed E-state index contributed by atoms with van der Waals surface area (Å²) in [6, 6.07) is -0.429. The van der Waals surface area contributed by atoms with Crippen molar-refractivity contribution in [3.8, 4) is 0 Å². The first-order chi connectivity index (χ1) is 9.50. The van der Waals surface area contributed by atoms with E-state index in [2.05, 4.69) is 5.32 Å². The monoisotopic (exact) mass is 285 g/mol. The molecule has 4 N–H and O–H groups in total. The maximum absolute atomic E-state index is 12.0. The molecule has 1 fully saturated rings. The molecule has 1 unspecified atom stereocenters. The van der Waals surface area contributed by atoms with E-state index in [0.717, 1.165) is 19.3 Å². The van der Waals surface area contributed by atoms with Crippen molar-refractivity contribution in [2.24, 2.45) is 5.73 Å². The van der Waals surface area contributed by atoms with Crippen molar-refractivity contribution in [1.29, 1.82) is 0 Å². The molecular formula is C13H23N3O4. The highest BCUT2D eigenvalue weighted by Crippen LogP contribution is 2.19. The van der Waals surface area contributed by atoms with Crippen molar-refractivity contribution in [3.05, 3.63) is 0 Å². The Morgan fingerprint density at radius 3 is 2.65 bits per heavy atom. The van der Waals surface area contributed by atoms with E-state index in [0.29, 0.717) is 32.4 Å².